The lowest BCUT2D eigenvalue weighted by Gasteiger charge is -2.05. The molecule has 0 saturated heterocycles. The number of nitrogens with zero attached hydrogens (tertiary/aromatic N) is 2. The van der Waals surface area contributed by atoms with Gasteiger partial charge in [-0.15, -0.1) is 0 Å². The van der Waals surface area contributed by atoms with E-state index in [4.69, 9.17) is 4.74 Å². The first-order valence-electron chi connectivity index (χ1n) is 9.48. The molecule has 0 saturated carbocycles. The number of hydrogen-bond acceptors (Lipinski definition) is 5. The van der Waals surface area contributed by atoms with Crippen LogP contribution in [0.15, 0.2) is 53.5 Å². The number of methoxy groups -OCH3 is 1. The van der Waals surface area contributed by atoms with Crippen molar-refractivity contribution in [2.45, 2.75) is 25.1 Å². The first-order valence-corrected chi connectivity index (χ1v) is 12.1. The summed E-state index contributed by atoms with van der Waals surface area (Å²) in [4.78, 5) is 16.8. The minimum Gasteiger partial charge on any atom is -0.383 e. The van der Waals surface area contributed by atoms with Gasteiger partial charge in [-0.25, -0.2) is 12.8 Å². The van der Waals surface area contributed by atoms with E-state index in [1.807, 2.05) is 6.07 Å². The molecule has 1 heterocycles. The van der Waals surface area contributed by atoms with Crippen molar-refractivity contribution in [3.63, 3.8) is 0 Å². The molecule has 0 aliphatic carbocycles. The maximum absolute atomic E-state index is 14.3. The van der Waals surface area contributed by atoms with Crippen molar-refractivity contribution in [1.82, 2.24) is 4.57 Å². The van der Waals surface area contributed by atoms with Gasteiger partial charge in [-0.05, 0) is 24.1 Å². The largest absolute Gasteiger partial charge is 0.383 e. The highest BCUT2D eigenvalue weighted by Crippen LogP contribution is 2.20. The zero-order valence-corrected chi connectivity index (χ0v) is 18.2. The summed E-state index contributed by atoms with van der Waals surface area (Å²) >= 11 is 1.22. The fourth-order valence-electron chi connectivity index (χ4n) is 3.07. The summed E-state index contributed by atoms with van der Waals surface area (Å²) in [5.74, 6) is -0.955. The highest BCUT2D eigenvalue weighted by atomic mass is 32.2. The molecule has 0 aliphatic heterocycles. The number of carbonyl (C=O) groups is 1. The number of benzene rings is 2. The molecule has 0 N–H and O–H groups in total. The quantitative estimate of drug-likeness (QED) is 0.501. The number of hydrogen-bond donors (Lipinski definition) is 0. The van der Waals surface area contributed by atoms with Gasteiger partial charge < -0.3 is 9.30 Å². The zero-order chi connectivity index (χ0) is 21.6. The lowest BCUT2D eigenvalue weighted by atomic mass is 10.2. The number of fused-ring (bicyclic) bond motifs is 1. The average molecular weight is 451 g/mol. The average Bonchev–Trinajstić information content (AvgIpc) is 3.04. The Labute approximate surface area is 178 Å². The first-order chi connectivity index (χ1) is 14.4. The molecule has 9 heteroatoms. The topological polar surface area (TPSA) is 77.7 Å². The van der Waals surface area contributed by atoms with Crippen LogP contribution in [-0.2, 0) is 31.7 Å². The Hall–Kier alpha value is -2.36. The van der Waals surface area contributed by atoms with Gasteiger partial charge in [-0.3, -0.25) is 4.79 Å². The number of thiazole rings is 1. The summed E-state index contributed by atoms with van der Waals surface area (Å²) < 4.78 is 46.2. The van der Waals surface area contributed by atoms with Crippen LogP contribution in [0.1, 0.15) is 18.4 Å². The first kappa shape index (κ1) is 22.3. The summed E-state index contributed by atoms with van der Waals surface area (Å²) in [6.07, 6.45) is 0.198. The molecule has 3 rings (SSSR count). The predicted octanol–water partition coefficient (Wildman–Crippen LogP) is 3.31. The van der Waals surface area contributed by atoms with Crippen molar-refractivity contribution >= 4 is 37.3 Å². The van der Waals surface area contributed by atoms with Crippen LogP contribution in [0.25, 0.3) is 10.2 Å². The Morgan fingerprint density at radius 3 is 2.67 bits per heavy atom. The molecule has 2 aromatic carbocycles. The maximum atomic E-state index is 14.3. The van der Waals surface area contributed by atoms with E-state index >= 15 is 0 Å². The number of rotatable bonds is 9. The van der Waals surface area contributed by atoms with Crippen LogP contribution < -0.4 is 4.80 Å². The van der Waals surface area contributed by atoms with Crippen molar-refractivity contribution in [2.75, 3.05) is 19.5 Å². The van der Waals surface area contributed by atoms with Crippen LogP contribution in [0, 0.1) is 5.82 Å². The van der Waals surface area contributed by atoms with Gasteiger partial charge in [0.2, 0.25) is 5.91 Å². The monoisotopic (exact) mass is 450 g/mol. The van der Waals surface area contributed by atoms with Gasteiger partial charge in [-0.1, -0.05) is 47.7 Å². The zero-order valence-electron chi connectivity index (χ0n) is 16.6. The van der Waals surface area contributed by atoms with Gasteiger partial charge in [-0.2, -0.15) is 4.99 Å². The molecule has 1 aromatic heterocycles. The van der Waals surface area contributed by atoms with E-state index < -0.39 is 15.7 Å². The van der Waals surface area contributed by atoms with Crippen LogP contribution >= 0.6 is 11.3 Å². The number of aromatic nitrogens is 1. The molecule has 1 amide bonds. The van der Waals surface area contributed by atoms with E-state index in [2.05, 4.69) is 4.99 Å². The highest BCUT2D eigenvalue weighted by molar-refractivity contribution is 7.90. The van der Waals surface area contributed by atoms with Gasteiger partial charge in [0.1, 0.15) is 5.82 Å². The molecular formula is C21H23FN2O4S2. The maximum Gasteiger partial charge on any atom is 0.248 e. The van der Waals surface area contributed by atoms with Crippen molar-refractivity contribution in [2.24, 2.45) is 4.99 Å². The number of halogens is 1. The van der Waals surface area contributed by atoms with E-state index in [0.29, 0.717) is 28.2 Å². The normalized spacial score (nSPS) is 12.5. The molecule has 0 fully saturated rings. The molecule has 0 aliphatic rings. The Morgan fingerprint density at radius 1 is 1.17 bits per heavy atom. The number of ether oxygens (including phenoxy) is 1. The number of sulfone groups is 1. The van der Waals surface area contributed by atoms with Gasteiger partial charge in [0.05, 0.1) is 28.3 Å². The van der Waals surface area contributed by atoms with Crippen LogP contribution in [0.4, 0.5) is 4.39 Å². The van der Waals surface area contributed by atoms with E-state index in [1.165, 1.54) is 17.4 Å². The molecule has 0 spiro atoms. The Bertz CT molecular complexity index is 1180. The second-order valence-electron chi connectivity index (χ2n) is 6.80. The van der Waals surface area contributed by atoms with E-state index in [1.54, 1.807) is 48.1 Å². The molecule has 160 valence electrons. The summed E-state index contributed by atoms with van der Waals surface area (Å²) in [5.41, 5.74) is 1.11. The molecule has 0 radical (unpaired) electrons. The van der Waals surface area contributed by atoms with E-state index in [9.17, 15) is 17.6 Å². The van der Waals surface area contributed by atoms with Crippen LogP contribution in [0.2, 0.25) is 0 Å². The standard InChI is InChI=1S/C21H23FN2O4S2/c1-28-13-12-24-20-17(22)9-5-10-18(20)29-21(24)23-19(25)11-6-14-30(26,27)15-16-7-3-2-4-8-16/h2-5,7-10H,6,11-15H2,1H3. The van der Waals surface area contributed by atoms with Gasteiger partial charge >= 0.3 is 0 Å². The van der Waals surface area contributed by atoms with Crippen molar-refractivity contribution < 1.29 is 22.3 Å². The lowest BCUT2D eigenvalue weighted by Crippen LogP contribution is -2.20. The highest BCUT2D eigenvalue weighted by Gasteiger charge is 2.14. The minimum absolute atomic E-state index is 0.00895. The number of amides is 1. The lowest BCUT2D eigenvalue weighted by molar-refractivity contribution is -0.118. The smallest absolute Gasteiger partial charge is 0.248 e. The summed E-state index contributed by atoms with van der Waals surface area (Å²) in [6, 6.07) is 13.7. The second-order valence-corrected chi connectivity index (χ2v) is 10.00. The van der Waals surface area contributed by atoms with E-state index in [0.717, 1.165) is 5.56 Å². The van der Waals surface area contributed by atoms with Crippen molar-refractivity contribution in [3.05, 3.63) is 64.7 Å². The Balaban J connectivity index is 1.70. The molecule has 0 bridgehead atoms. The Kier molecular flexibility index (Phi) is 7.52. The molecule has 0 atom stereocenters. The third-order valence-electron chi connectivity index (χ3n) is 4.47. The fraction of sp³-hybridized carbons (Fsp3) is 0.333. The fourth-order valence-corrected chi connectivity index (χ4v) is 5.59. The van der Waals surface area contributed by atoms with Crippen LogP contribution in [0.5, 0.6) is 0 Å². The summed E-state index contributed by atoms with van der Waals surface area (Å²) in [5, 5.41) is 0. The predicted molar refractivity (Wildman–Crippen MR) is 115 cm³/mol. The molecule has 30 heavy (non-hydrogen) atoms. The Morgan fingerprint density at radius 2 is 1.93 bits per heavy atom. The molecule has 0 unspecified atom stereocenters. The van der Waals surface area contributed by atoms with Crippen molar-refractivity contribution in [1.29, 1.82) is 0 Å². The number of para-hydroxylation sites is 1. The summed E-state index contributed by atoms with van der Waals surface area (Å²) in [6.45, 7) is 0.703. The SMILES string of the molecule is COCCn1c(=NC(=O)CCCS(=O)(=O)Cc2ccccc2)sc2cccc(F)c21. The van der Waals surface area contributed by atoms with Crippen LogP contribution in [-0.4, -0.2) is 38.4 Å². The van der Waals surface area contributed by atoms with Gasteiger partial charge in [0, 0.05) is 20.1 Å². The minimum atomic E-state index is -3.31. The third-order valence-corrected chi connectivity index (χ3v) is 7.19. The second kappa shape index (κ2) is 10.1. The van der Waals surface area contributed by atoms with Gasteiger partial charge in [0.25, 0.3) is 0 Å². The summed E-state index contributed by atoms with van der Waals surface area (Å²) in [7, 11) is -1.77. The molecule has 3 aromatic rings. The van der Waals surface area contributed by atoms with E-state index in [-0.39, 0.29) is 30.2 Å². The molecule has 6 nitrogen and oxygen atoms in total. The number of carbonyl (C=O) groups excluding carboxylic acids is 1. The van der Waals surface area contributed by atoms with Crippen LogP contribution in [0.3, 0.4) is 0 Å². The molecular weight excluding hydrogens is 427 g/mol. The van der Waals surface area contributed by atoms with Crippen molar-refractivity contribution in [3.8, 4) is 0 Å². The third kappa shape index (κ3) is 5.84. The van der Waals surface area contributed by atoms with Gasteiger partial charge in [0.15, 0.2) is 14.6 Å².